The van der Waals surface area contributed by atoms with Gasteiger partial charge in [0, 0.05) is 27.1 Å². The molecule has 4 aromatic rings. The van der Waals surface area contributed by atoms with Crippen LogP contribution in [0.4, 0.5) is 4.39 Å². The highest BCUT2D eigenvalue weighted by molar-refractivity contribution is 14.1. The fourth-order valence-corrected chi connectivity index (χ4v) is 4.27. The van der Waals surface area contributed by atoms with E-state index >= 15 is 0 Å². The molecule has 0 amide bonds. The molecule has 0 unspecified atom stereocenters. The zero-order valence-corrected chi connectivity index (χ0v) is 21.9. The van der Waals surface area contributed by atoms with Gasteiger partial charge in [-0.3, -0.25) is 4.79 Å². The molecule has 2 heterocycles. The zero-order valence-electron chi connectivity index (χ0n) is 19.7. The maximum Gasteiger partial charge on any atom is 0.190 e. The van der Waals surface area contributed by atoms with E-state index in [0.29, 0.717) is 40.9 Å². The van der Waals surface area contributed by atoms with Crippen LogP contribution in [0.3, 0.4) is 0 Å². The topological polar surface area (TPSA) is 75.5 Å². The monoisotopic (exact) mass is 601 g/mol. The Kier molecular flexibility index (Phi) is 8.65. The molecule has 0 aliphatic rings. The summed E-state index contributed by atoms with van der Waals surface area (Å²) in [6.07, 6.45) is 4.75. The number of carbonyl (C=O) groups excluding carboxylic acids is 1. The first-order valence-electron chi connectivity index (χ1n) is 11.2. The van der Waals surface area contributed by atoms with E-state index in [9.17, 15) is 9.18 Å². The van der Waals surface area contributed by atoms with Crippen molar-refractivity contribution in [3.63, 3.8) is 0 Å². The lowest BCUT2D eigenvalue weighted by atomic mass is 9.96. The number of benzene rings is 2. The van der Waals surface area contributed by atoms with Gasteiger partial charge in [0.1, 0.15) is 24.8 Å². The normalized spacial score (nSPS) is 11.0. The summed E-state index contributed by atoms with van der Waals surface area (Å²) in [5.74, 6) is 0.200. The summed E-state index contributed by atoms with van der Waals surface area (Å²) in [5, 5.41) is 5.22. The summed E-state index contributed by atoms with van der Waals surface area (Å²) in [6, 6.07) is 12.7. The predicted molar refractivity (Wildman–Crippen MR) is 143 cm³/mol. The molecule has 0 fully saturated rings. The van der Waals surface area contributed by atoms with Crippen LogP contribution >= 0.6 is 22.6 Å². The molecule has 0 aliphatic carbocycles. The molecule has 0 saturated carbocycles. The van der Waals surface area contributed by atoms with E-state index in [-0.39, 0.29) is 31.2 Å². The van der Waals surface area contributed by atoms with Crippen LogP contribution in [0.25, 0.3) is 11.0 Å². The van der Waals surface area contributed by atoms with Crippen LogP contribution in [0, 0.1) is 9.39 Å². The standard InChI is InChI=1S/C27H25FIN3O4/c1-3-35-10-11-36-17-26(33)23-14-30-27-24(22(23)12-19-6-7-20(29)13-25(19)28)15-31-32(27)16-18-4-8-21(34-2)9-5-18/h3-9,13-15H,1,10-12,16-17H2,2H3. The van der Waals surface area contributed by atoms with Crippen LogP contribution in [-0.2, 0) is 22.4 Å². The Morgan fingerprint density at radius 1 is 1.17 bits per heavy atom. The van der Waals surface area contributed by atoms with E-state index in [1.54, 1.807) is 24.1 Å². The van der Waals surface area contributed by atoms with Gasteiger partial charge in [-0.05, 0) is 63.5 Å². The highest BCUT2D eigenvalue weighted by atomic mass is 127. The highest BCUT2D eigenvalue weighted by Crippen LogP contribution is 2.26. The maximum absolute atomic E-state index is 14.8. The first kappa shape index (κ1) is 25.8. The van der Waals surface area contributed by atoms with Crippen molar-refractivity contribution in [1.29, 1.82) is 0 Å². The summed E-state index contributed by atoms with van der Waals surface area (Å²) in [4.78, 5) is 17.6. The van der Waals surface area contributed by atoms with Crippen LogP contribution in [-0.4, -0.2) is 47.5 Å². The maximum atomic E-state index is 14.8. The minimum Gasteiger partial charge on any atom is -0.499 e. The number of nitrogens with zero attached hydrogens (tertiary/aromatic N) is 3. The Bertz CT molecular complexity index is 1370. The Hall–Kier alpha value is -3.31. The molecule has 0 radical (unpaired) electrons. The van der Waals surface area contributed by atoms with Crippen LogP contribution < -0.4 is 4.74 Å². The molecule has 9 heteroatoms. The average Bonchev–Trinajstić information content (AvgIpc) is 3.29. The zero-order chi connectivity index (χ0) is 25.5. The van der Waals surface area contributed by atoms with Crippen molar-refractivity contribution in [2.75, 3.05) is 26.9 Å². The Balaban J connectivity index is 1.68. The van der Waals surface area contributed by atoms with Crippen LogP contribution in [0.1, 0.15) is 27.0 Å². The molecular formula is C27H25FIN3O4. The SMILES string of the molecule is C=COCCOCC(=O)c1cnc2c(cnn2Cc2ccc(OC)cc2)c1Cc1ccc(I)cc1F. The van der Waals surface area contributed by atoms with E-state index in [1.807, 2.05) is 30.3 Å². The number of hydrogen-bond acceptors (Lipinski definition) is 6. The first-order valence-corrected chi connectivity index (χ1v) is 12.3. The van der Waals surface area contributed by atoms with Gasteiger partial charge in [0.2, 0.25) is 0 Å². The molecule has 0 spiro atoms. The molecule has 2 aromatic carbocycles. The fraction of sp³-hybridized carbons (Fsp3) is 0.222. The van der Waals surface area contributed by atoms with Gasteiger partial charge in [0.25, 0.3) is 0 Å². The van der Waals surface area contributed by atoms with Crippen molar-refractivity contribution in [3.05, 3.63) is 99.3 Å². The van der Waals surface area contributed by atoms with Crippen molar-refractivity contribution >= 4 is 39.4 Å². The number of methoxy groups -OCH3 is 1. The van der Waals surface area contributed by atoms with Crippen molar-refractivity contribution in [2.24, 2.45) is 0 Å². The van der Waals surface area contributed by atoms with Crippen molar-refractivity contribution in [3.8, 4) is 5.75 Å². The third-order valence-electron chi connectivity index (χ3n) is 5.65. The van der Waals surface area contributed by atoms with E-state index in [4.69, 9.17) is 14.2 Å². The summed E-state index contributed by atoms with van der Waals surface area (Å²) >= 11 is 2.07. The number of ether oxygens (including phenoxy) is 3. The van der Waals surface area contributed by atoms with Crippen molar-refractivity contribution < 1.29 is 23.4 Å². The number of halogens is 2. The molecule has 0 N–H and O–H groups in total. The van der Waals surface area contributed by atoms with Gasteiger partial charge in [0.15, 0.2) is 11.4 Å². The van der Waals surface area contributed by atoms with Gasteiger partial charge < -0.3 is 14.2 Å². The smallest absolute Gasteiger partial charge is 0.190 e. The Morgan fingerprint density at radius 3 is 2.69 bits per heavy atom. The van der Waals surface area contributed by atoms with Gasteiger partial charge in [-0.1, -0.05) is 24.8 Å². The quantitative estimate of drug-likeness (QED) is 0.0965. The summed E-state index contributed by atoms with van der Waals surface area (Å²) in [7, 11) is 1.62. The molecule has 186 valence electrons. The highest BCUT2D eigenvalue weighted by Gasteiger charge is 2.20. The second-order valence-corrected chi connectivity index (χ2v) is 9.21. The van der Waals surface area contributed by atoms with E-state index in [2.05, 4.69) is 39.3 Å². The minimum absolute atomic E-state index is 0.143. The van der Waals surface area contributed by atoms with Gasteiger partial charge in [-0.2, -0.15) is 5.10 Å². The summed E-state index contributed by atoms with van der Waals surface area (Å²) in [5.41, 5.74) is 3.16. The second kappa shape index (κ2) is 12.1. The molecule has 0 aliphatic heterocycles. The summed E-state index contributed by atoms with van der Waals surface area (Å²) < 4.78 is 33.0. The lowest BCUT2D eigenvalue weighted by Gasteiger charge is -2.12. The molecule has 36 heavy (non-hydrogen) atoms. The van der Waals surface area contributed by atoms with Crippen LogP contribution in [0.5, 0.6) is 5.75 Å². The predicted octanol–water partition coefficient (Wildman–Crippen LogP) is 5.18. The van der Waals surface area contributed by atoms with E-state index in [1.165, 1.54) is 18.5 Å². The van der Waals surface area contributed by atoms with Crippen molar-refractivity contribution in [1.82, 2.24) is 14.8 Å². The summed E-state index contributed by atoms with van der Waals surface area (Å²) in [6.45, 7) is 4.36. The third-order valence-corrected chi connectivity index (χ3v) is 6.32. The van der Waals surface area contributed by atoms with Gasteiger partial charge in [-0.25, -0.2) is 14.1 Å². The number of ketones is 1. The third kappa shape index (κ3) is 6.08. The molecule has 2 aromatic heterocycles. The molecule has 0 saturated heterocycles. The van der Waals surface area contributed by atoms with Crippen LogP contribution in [0.2, 0.25) is 0 Å². The van der Waals surface area contributed by atoms with Gasteiger partial charge in [0.05, 0.1) is 32.7 Å². The number of carbonyl (C=O) groups is 1. The van der Waals surface area contributed by atoms with Gasteiger partial charge >= 0.3 is 0 Å². The molecule has 7 nitrogen and oxygen atoms in total. The second-order valence-electron chi connectivity index (χ2n) is 7.96. The van der Waals surface area contributed by atoms with Crippen LogP contribution in [0.15, 0.2) is 67.7 Å². The number of Topliss-reactive ketones (excluding diaryl/α,β-unsaturated/α-hetero) is 1. The van der Waals surface area contributed by atoms with Crippen molar-refractivity contribution in [2.45, 2.75) is 13.0 Å². The first-order chi connectivity index (χ1) is 17.5. The average molecular weight is 601 g/mol. The Morgan fingerprint density at radius 2 is 1.97 bits per heavy atom. The number of pyridine rings is 1. The Labute approximate surface area is 222 Å². The fourth-order valence-electron chi connectivity index (χ4n) is 3.82. The number of hydrogen-bond donors (Lipinski definition) is 0. The lowest BCUT2D eigenvalue weighted by Crippen LogP contribution is -2.15. The molecular weight excluding hydrogens is 576 g/mol. The number of aromatic nitrogens is 3. The lowest BCUT2D eigenvalue weighted by molar-refractivity contribution is 0.0638. The van der Waals surface area contributed by atoms with E-state index in [0.717, 1.165) is 14.9 Å². The van der Waals surface area contributed by atoms with E-state index < -0.39 is 0 Å². The minimum atomic E-state index is -0.325. The van der Waals surface area contributed by atoms with Gasteiger partial charge in [-0.15, -0.1) is 0 Å². The number of fused-ring (bicyclic) bond motifs is 1. The largest absolute Gasteiger partial charge is 0.499 e. The molecule has 4 rings (SSSR count). The number of rotatable bonds is 12. The molecule has 0 atom stereocenters. The molecule has 0 bridgehead atoms.